The van der Waals surface area contributed by atoms with Crippen LogP contribution in [0.2, 0.25) is 0 Å². The molecule has 1 aromatic heterocycles. The molecule has 1 saturated heterocycles. The number of nitrogens with zero attached hydrogens (tertiary/aromatic N) is 3. The summed E-state index contributed by atoms with van der Waals surface area (Å²) >= 11 is 0. The number of hydrogen-bond acceptors (Lipinski definition) is 3. The van der Waals surface area contributed by atoms with Crippen molar-refractivity contribution >= 4 is 11.9 Å². The van der Waals surface area contributed by atoms with Crippen molar-refractivity contribution in [2.45, 2.75) is 37.6 Å². The number of hydrogen-bond donors (Lipinski definition) is 1. The van der Waals surface area contributed by atoms with Gasteiger partial charge >= 0.3 is 5.97 Å². The van der Waals surface area contributed by atoms with Crippen molar-refractivity contribution in [1.29, 1.82) is 0 Å². The zero-order valence-corrected chi connectivity index (χ0v) is 12.5. The fourth-order valence-corrected chi connectivity index (χ4v) is 3.44. The van der Waals surface area contributed by atoms with E-state index in [1.807, 2.05) is 4.90 Å². The zero-order chi connectivity index (χ0) is 15.6. The third-order valence-electron chi connectivity index (χ3n) is 4.86. The predicted molar refractivity (Wildman–Crippen MR) is 80.1 cm³/mol. The largest absolute Gasteiger partial charge is 0.479 e. The van der Waals surface area contributed by atoms with Crippen LogP contribution in [0.4, 0.5) is 0 Å². The van der Waals surface area contributed by atoms with Crippen LogP contribution < -0.4 is 0 Å². The van der Waals surface area contributed by atoms with E-state index in [1.165, 1.54) is 4.68 Å². The van der Waals surface area contributed by atoms with Gasteiger partial charge in [-0.05, 0) is 25.3 Å². The second-order valence-electron chi connectivity index (χ2n) is 6.09. The second kappa shape index (κ2) is 5.94. The SMILES string of the molecule is O=C([C@@H]1CC=CCC1)N1CCC(C(=O)O)(n2cccn2)CC1. The molecule has 1 amide bonds. The van der Waals surface area contributed by atoms with Crippen LogP contribution in [-0.4, -0.2) is 44.8 Å². The summed E-state index contributed by atoms with van der Waals surface area (Å²) in [6.07, 6.45) is 10.9. The van der Waals surface area contributed by atoms with E-state index in [0.717, 1.165) is 19.3 Å². The van der Waals surface area contributed by atoms with Gasteiger partial charge in [-0.3, -0.25) is 9.48 Å². The third-order valence-corrected chi connectivity index (χ3v) is 4.86. The molecule has 0 bridgehead atoms. The van der Waals surface area contributed by atoms with Crippen molar-refractivity contribution in [1.82, 2.24) is 14.7 Å². The van der Waals surface area contributed by atoms with Gasteiger partial charge in [-0.1, -0.05) is 12.2 Å². The summed E-state index contributed by atoms with van der Waals surface area (Å²) in [4.78, 5) is 26.2. The summed E-state index contributed by atoms with van der Waals surface area (Å²) in [7, 11) is 0. The molecule has 3 rings (SSSR count). The van der Waals surface area contributed by atoms with Gasteiger partial charge in [0.25, 0.3) is 0 Å². The van der Waals surface area contributed by atoms with E-state index in [4.69, 9.17) is 0 Å². The average molecular weight is 303 g/mol. The number of rotatable bonds is 3. The number of aromatic nitrogens is 2. The quantitative estimate of drug-likeness (QED) is 0.861. The van der Waals surface area contributed by atoms with Gasteiger partial charge in [0.15, 0.2) is 5.54 Å². The molecule has 2 heterocycles. The standard InChI is InChI=1S/C16H21N3O3/c20-14(13-5-2-1-3-6-13)18-11-7-16(8-12-18,15(21)22)19-10-4-9-17-19/h1-2,4,9-10,13H,3,5-8,11-12H2,(H,21,22)/t13-/m1/s1. The number of allylic oxidation sites excluding steroid dienone is 2. The Morgan fingerprint density at radius 1 is 1.23 bits per heavy atom. The minimum Gasteiger partial charge on any atom is -0.479 e. The smallest absolute Gasteiger partial charge is 0.331 e. The molecule has 1 aromatic rings. The highest BCUT2D eigenvalue weighted by atomic mass is 16.4. The molecule has 22 heavy (non-hydrogen) atoms. The van der Waals surface area contributed by atoms with Crippen LogP contribution in [0, 0.1) is 5.92 Å². The lowest BCUT2D eigenvalue weighted by Crippen LogP contribution is -2.53. The van der Waals surface area contributed by atoms with E-state index < -0.39 is 11.5 Å². The Hall–Kier alpha value is -2.11. The molecule has 6 nitrogen and oxygen atoms in total. The minimum absolute atomic E-state index is 0.0621. The van der Waals surface area contributed by atoms with Crippen molar-refractivity contribution in [2.24, 2.45) is 5.92 Å². The Kier molecular flexibility index (Phi) is 4.00. The van der Waals surface area contributed by atoms with Gasteiger partial charge in [-0.25, -0.2) is 4.79 Å². The monoisotopic (exact) mass is 303 g/mol. The molecule has 6 heteroatoms. The number of aliphatic carboxylic acids is 1. The molecule has 0 spiro atoms. The molecule has 2 aliphatic rings. The van der Waals surface area contributed by atoms with Crippen molar-refractivity contribution in [3.05, 3.63) is 30.6 Å². The summed E-state index contributed by atoms with van der Waals surface area (Å²) in [5.74, 6) is -0.639. The van der Waals surface area contributed by atoms with E-state index in [2.05, 4.69) is 17.3 Å². The van der Waals surface area contributed by atoms with E-state index in [-0.39, 0.29) is 11.8 Å². The topological polar surface area (TPSA) is 75.4 Å². The van der Waals surface area contributed by atoms with E-state index in [9.17, 15) is 14.7 Å². The molecule has 1 N–H and O–H groups in total. The van der Waals surface area contributed by atoms with Crippen molar-refractivity contribution in [3.8, 4) is 0 Å². The first kappa shape index (κ1) is 14.8. The maximum absolute atomic E-state index is 12.5. The first-order chi connectivity index (χ1) is 10.6. The number of piperidine rings is 1. The molecular weight excluding hydrogens is 282 g/mol. The van der Waals surface area contributed by atoms with Crippen LogP contribution in [0.5, 0.6) is 0 Å². The number of carboxylic acid groups (broad SMARTS) is 1. The Balaban J connectivity index is 1.69. The van der Waals surface area contributed by atoms with Crippen LogP contribution in [0.25, 0.3) is 0 Å². The summed E-state index contributed by atoms with van der Waals surface area (Å²) in [5.41, 5.74) is -1.02. The van der Waals surface area contributed by atoms with Gasteiger partial charge in [0.2, 0.25) is 5.91 Å². The lowest BCUT2D eigenvalue weighted by Gasteiger charge is -2.40. The van der Waals surface area contributed by atoms with Gasteiger partial charge in [0.1, 0.15) is 0 Å². The number of carboxylic acids is 1. The number of amides is 1. The normalized spacial score (nSPS) is 24.2. The van der Waals surface area contributed by atoms with Crippen LogP contribution >= 0.6 is 0 Å². The Labute approximate surface area is 129 Å². The zero-order valence-electron chi connectivity index (χ0n) is 12.5. The highest BCUT2D eigenvalue weighted by Gasteiger charge is 2.45. The third kappa shape index (κ3) is 2.53. The number of carbonyl (C=O) groups excluding carboxylic acids is 1. The highest BCUT2D eigenvalue weighted by molar-refractivity contribution is 5.81. The van der Waals surface area contributed by atoms with Crippen LogP contribution in [0.15, 0.2) is 30.6 Å². The van der Waals surface area contributed by atoms with Gasteiger partial charge in [-0.15, -0.1) is 0 Å². The van der Waals surface area contributed by atoms with E-state index >= 15 is 0 Å². The molecule has 118 valence electrons. The number of carbonyl (C=O) groups is 2. The highest BCUT2D eigenvalue weighted by Crippen LogP contribution is 2.31. The summed E-state index contributed by atoms with van der Waals surface area (Å²) in [6.45, 7) is 0.955. The summed E-state index contributed by atoms with van der Waals surface area (Å²) < 4.78 is 1.53. The molecule has 0 aromatic carbocycles. The van der Waals surface area contributed by atoms with E-state index in [1.54, 1.807) is 18.5 Å². The number of likely N-dealkylation sites (tertiary alicyclic amines) is 1. The molecule has 1 atom stereocenters. The molecule has 0 radical (unpaired) electrons. The maximum atomic E-state index is 12.5. The molecular formula is C16H21N3O3. The van der Waals surface area contributed by atoms with Crippen LogP contribution in [0.3, 0.4) is 0 Å². The summed E-state index contributed by atoms with van der Waals surface area (Å²) in [5, 5.41) is 13.8. The summed E-state index contributed by atoms with van der Waals surface area (Å²) in [6, 6.07) is 1.73. The molecule has 0 unspecified atom stereocenters. The van der Waals surface area contributed by atoms with Crippen molar-refractivity contribution in [2.75, 3.05) is 13.1 Å². The molecule has 0 saturated carbocycles. The van der Waals surface area contributed by atoms with Crippen LogP contribution in [0.1, 0.15) is 32.1 Å². The Morgan fingerprint density at radius 2 is 2.00 bits per heavy atom. The lowest BCUT2D eigenvalue weighted by molar-refractivity contribution is -0.154. The Bertz CT molecular complexity index is 571. The molecule has 1 aliphatic heterocycles. The Morgan fingerprint density at radius 3 is 2.55 bits per heavy atom. The first-order valence-electron chi connectivity index (χ1n) is 7.81. The molecule has 1 fully saturated rings. The van der Waals surface area contributed by atoms with Crippen molar-refractivity contribution < 1.29 is 14.7 Å². The second-order valence-corrected chi connectivity index (χ2v) is 6.09. The first-order valence-corrected chi connectivity index (χ1v) is 7.81. The lowest BCUT2D eigenvalue weighted by atomic mass is 9.86. The van der Waals surface area contributed by atoms with Crippen LogP contribution in [-0.2, 0) is 15.1 Å². The minimum atomic E-state index is -1.02. The van der Waals surface area contributed by atoms with Gasteiger partial charge in [0.05, 0.1) is 0 Å². The molecule has 1 aliphatic carbocycles. The fourth-order valence-electron chi connectivity index (χ4n) is 3.44. The average Bonchev–Trinajstić information content (AvgIpc) is 3.10. The predicted octanol–water partition coefficient (Wildman–Crippen LogP) is 1.64. The fraction of sp³-hybridized carbons (Fsp3) is 0.562. The van der Waals surface area contributed by atoms with Crippen molar-refractivity contribution in [3.63, 3.8) is 0 Å². The van der Waals surface area contributed by atoms with Gasteiger partial charge in [0, 0.05) is 44.2 Å². The van der Waals surface area contributed by atoms with Gasteiger partial charge < -0.3 is 10.0 Å². The maximum Gasteiger partial charge on any atom is 0.331 e. The van der Waals surface area contributed by atoms with Gasteiger partial charge in [-0.2, -0.15) is 5.10 Å². The van der Waals surface area contributed by atoms with E-state index in [0.29, 0.717) is 25.9 Å².